The third kappa shape index (κ3) is 3.86. The number of rotatable bonds is 7. The molecule has 0 unspecified atom stereocenters. The molecule has 5 nitrogen and oxygen atoms in total. The summed E-state index contributed by atoms with van der Waals surface area (Å²) in [6.07, 6.45) is 0.908. The van der Waals surface area contributed by atoms with E-state index in [0.717, 1.165) is 24.3 Å². The van der Waals surface area contributed by atoms with Crippen molar-refractivity contribution in [3.63, 3.8) is 0 Å². The standard InChI is InChI=1S/C22H26FN3O2/c1-4-26(5-2)16-10-11-18(15(3)14-16)24-20(27)22(12-13-22)21(28)25-19-9-7-6-8-17(19)23/h6-11,14H,4-5,12-13H2,1-3H3,(H,24,27)(H,25,28). The average Bonchev–Trinajstić information content (AvgIpc) is 3.49. The summed E-state index contributed by atoms with van der Waals surface area (Å²) in [6, 6.07) is 11.8. The number of aryl methyl sites for hydroxylation is 1. The monoisotopic (exact) mass is 383 g/mol. The van der Waals surface area contributed by atoms with Crippen LogP contribution in [0, 0.1) is 18.2 Å². The molecule has 1 saturated carbocycles. The van der Waals surface area contributed by atoms with Crippen molar-refractivity contribution in [2.75, 3.05) is 28.6 Å². The summed E-state index contributed by atoms with van der Waals surface area (Å²) < 4.78 is 13.8. The fourth-order valence-corrected chi connectivity index (χ4v) is 3.30. The SMILES string of the molecule is CCN(CC)c1ccc(NC(=O)C2(C(=O)Nc3ccccc3F)CC2)c(C)c1. The van der Waals surface area contributed by atoms with Crippen molar-refractivity contribution >= 4 is 28.9 Å². The zero-order valence-corrected chi connectivity index (χ0v) is 16.5. The second-order valence-electron chi connectivity index (χ2n) is 7.14. The highest BCUT2D eigenvalue weighted by Gasteiger charge is 2.56. The molecular weight excluding hydrogens is 357 g/mol. The summed E-state index contributed by atoms with van der Waals surface area (Å²) in [7, 11) is 0. The van der Waals surface area contributed by atoms with E-state index in [9.17, 15) is 14.0 Å². The fourth-order valence-electron chi connectivity index (χ4n) is 3.30. The van der Waals surface area contributed by atoms with Crippen LogP contribution in [-0.2, 0) is 9.59 Å². The van der Waals surface area contributed by atoms with Gasteiger partial charge in [-0.1, -0.05) is 12.1 Å². The smallest absolute Gasteiger partial charge is 0.240 e. The van der Waals surface area contributed by atoms with Crippen molar-refractivity contribution in [2.45, 2.75) is 33.6 Å². The van der Waals surface area contributed by atoms with Gasteiger partial charge in [-0.25, -0.2) is 4.39 Å². The molecule has 148 valence electrons. The summed E-state index contributed by atoms with van der Waals surface area (Å²) in [5, 5.41) is 5.44. The molecular formula is C22H26FN3O2. The highest BCUT2D eigenvalue weighted by atomic mass is 19.1. The first kappa shape index (κ1) is 19.9. The molecule has 1 aliphatic rings. The van der Waals surface area contributed by atoms with Crippen LogP contribution in [0.2, 0.25) is 0 Å². The van der Waals surface area contributed by atoms with E-state index in [2.05, 4.69) is 29.4 Å². The molecule has 0 bridgehead atoms. The Kier molecular flexibility index (Phi) is 5.68. The van der Waals surface area contributed by atoms with Crippen molar-refractivity contribution in [1.82, 2.24) is 0 Å². The maximum absolute atomic E-state index is 13.8. The van der Waals surface area contributed by atoms with Gasteiger partial charge in [0.05, 0.1) is 5.69 Å². The topological polar surface area (TPSA) is 61.4 Å². The van der Waals surface area contributed by atoms with E-state index in [1.54, 1.807) is 12.1 Å². The lowest BCUT2D eigenvalue weighted by Gasteiger charge is -2.22. The minimum absolute atomic E-state index is 0.0892. The first-order valence-corrected chi connectivity index (χ1v) is 9.64. The molecule has 2 aromatic carbocycles. The van der Waals surface area contributed by atoms with E-state index in [-0.39, 0.29) is 11.6 Å². The average molecular weight is 383 g/mol. The molecule has 0 saturated heterocycles. The molecule has 0 heterocycles. The summed E-state index contributed by atoms with van der Waals surface area (Å²) in [5.41, 5.74) is 1.67. The normalized spacial score (nSPS) is 14.3. The lowest BCUT2D eigenvalue weighted by molar-refractivity contribution is -0.131. The molecule has 2 amide bonds. The van der Waals surface area contributed by atoms with E-state index < -0.39 is 17.1 Å². The molecule has 28 heavy (non-hydrogen) atoms. The Morgan fingerprint density at radius 1 is 1.00 bits per heavy atom. The zero-order chi connectivity index (χ0) is 20.3. The third-order valence-corrected chi connectivity index (χ3v) is 5.33. The van der Waals surface area contributed by atoms with Gasteiger partial charge in [-0.15, -0.1) is 0 Å². The molecule has 0 aromatic heterocycles. The predicted octanol–water partition coefficient (Wildman–Crippen LogP) is 4.34. The maximum atomic E-state index is 13.8. The lowest BCUT2D eigenvalue weighted by atomic mass is 10.0. The number of carbonyl (C=O) groups is 2. The molecule has 1 aliphatic carbocycles. The number of carbonyl (C=O) groups excluding carboxylic acids is 2. The van der Waals surface area contributed by atoms with E-state index in [1.807, 2.05) is 25.1 Å². The van der Waals surface area contributed by atoms with Crippen molar-refractivity contribution < 1.29 is 14.0 Å². The molecule has 3 rings (SSSR count). The van der Waals surface area contributed by atoms with Crippen LogP contribution in [0.25, 0.3) is 0 Å². The van der Waals surface area contributed by atoms with Gasteiger partial charge in [0.25, 0.3) is 0 Å². The second-order valence-corrected chi connectivity index (χ2v) is 7.14. The van der Waals surface area contributed by atoms with Crippen LogP contribution in [0.1, 0.15) is 32.3 Å². The molecule has 0 radical (unpaired) electrons. The number of benzene rings is 2. The van der Waals surface area contributed by atoms with Crippen LogP contribution in [0.4, 0.5) is 21.5 Å². The number of halogens is 1. The van der Waals surface area contributed by atoms with Crippen LogP contribution in [0.5, 0.6) is 0 Å². The highest BCUT2D eigenvalue weighted by Crippen LogP contribution is 2.47. The van der Waals surface area contributed by atoms with Crippen LogP contribution in [0.3, 0.4) is 0 Å². The van der Waals surface area contributed by atoms with Crippen molar-refractivity contribution in [2.24, 2.45) is 5.41 Å². The van der Waals surface area contributed by atoms with Gasteiger partial charge >= 0.3 is 0 Å². The minimum Gasteiger partial charge on any atom is -0.372 e. The number of anilines is 3. The summed E-state index contributed by atoms with van der Waals surface area (Å²) in [4.78, 5) is 27.7. The van der Waals surface area contributed by atoms with Crippen molar-refractivity contribution in [1.29, 1.82) is 0 Å². The molecule has 1 fully saturated rings. The quantitative estimate of drug-likeness (QED) is 0.699. The second kappa shape index (κ2) is 8.00. The van der Waals surface area contributed by atoms with Crippen molar-refractivity contribution in [3.05, 3.63) is 53.8 Å². The van der Waals surface area contributed by atoms with Gasteiger partial charge in [-0.05, 0) is 69.5 Å². The Hall–Kier alpha value is -2.89. The molecule has 2 N–H and O–H groups in total. The maximum Gasteiger partial charge on any atom is 0.240 e. The number of para-hydroxylation sites is 1. The summed E-state index contributed by atoms with van der Waals surface area (Å²) in [6.45, 7) is 7.93. The van der Waals surface area contributed by atoms with Gasteiger partial charge in [-0.2, -0.15) is 0 Å². The highest BCUT2D eigenvalue weighted by molar-refractivity contribution is 6.17. The molecule has 2 aromatic rings. The van der Waals surface area contributed by atoms with E-state index in [0.29, 0.717) is 18.5 Å². The predicted molar refractivity (Wildman–Crippen MR) is 110 cm³/mol. The minimum atomic E-state index is -1.13. The number of amides is 2. The number of nitrogens with zero attached hydrogens (tertiary/aromatic N) is 1. The van der Waals surface area contributed by atoms with Gasteiger partial charge in [0.15, 0.2) is 0 Å². The Labute approximate surface area is 164 Å². The number of hydrogen-bond donors (Lipinski definition) is 2. The Morgan fingerprint density at radius 3 is 2.14 bits per heavy atom. The van der Waals surface area contributed by atoms with Crippen LogP contribution >= 0.6 is 0 Å². The number of hydrogen-bond acceptors (Lipinski definition) is 3. The first-order chi connectivity index (χ1) is 13.4. The fraction of sp³-hybridized carbons (Fsp3) is 0.364. The number of nitrogens with one attached hydrogen (secondary N) is 2. The Balaban J connectivity index is 1.72. The van der Waals surface area contributed by atoms with Gasteiger partial charge in [0.2, 0.25) is 11.8 Å². The van der Waals surface area contributed by atoms with E-state index in [1.165, 1.54) is 12.1 Å². The zero-order valence-electron chi connectivity index (χ0n) is 16.5. The third-order valence-electron chi connectivity index (χ3n) is 5.33. The van der Waals surface area contributed by atoms with Gasteiger partial charge in [0, 0.05) is 24.5 Å². The van der Waals surface area contributed by atoms with Gasteiger partial charge in [-0.3, -0.25) is 9.59 Å². The Morgan fingerprint density at radius 2 is 1.61 bits per heavy atom. The lowest BCUT2D eigenvalue weighted by Crippen LogP contribution is -2.36. The van der Waals surface area contributed by atoms with Gasteiger partial charge in [0.1, 0.15) is 11.2 Å². The molecule has 6 heteroatoms. The van der Waals surface area contributed by atoms with Gasteiger partial charge < -0.3 is 15.5 Å². The van der Waals surface area contributed by atoms with Crippen LogP contribution in [-0.4, -0.2) is 24.9 Å². The van der Waals surface area contributed by atoms with E-state index >= 15 is 0 Å². The summed E-state index contributed by atoms with van der Waals surface area (Å²) in [5.74, 6) is -1.33. The van der Waals surface area contributed by atoms with Crippen molar-refractivity contribution in [3.8, 4) is 0 Å². The summed E-state index contributed by atoms with van der Waals surface area (Å²) >= 11 is 0. The van der Waals surface area contributed by atoms with Crippen LogP contribution in [0.15, 0.2) is 42.5 Å². The Bertz CT molecular complexity index is 889. The molecule has 0 atom stereocenters. The largest absolute Gasteiger partial charge is 0.372 e. The first-order valence-electron chi connectivity index (χ1n) is 9.64. The van der Waals surface area contributed by atoms with Crippen LogP contribution < -0.4 is 15.5 Å². The molecule has 0 spiro atoms. The van der Waals surface area contributed by atoms with E-state index in [4.69, 9.17) is 0 Å². The molecule has 0 aliphatic heterocycles.